The van der Waals surface area contributed by atoms with Crippen molar-refractivity contribution in [2.45, 2.75) is 25.6 Å². The number of nitrogens with zero attached hydrogens (tertiary/aromatic N) is 3. The summed E-state index contributed by atoms with van der Waals surface area (Å²) in [6.07, 6.45) is 2.87. The van der Waals surface area contributed by atoms with Crippen LogP contribution in [0.2, 0.25) is 0 Å². The van der Waals surface area contributed by atoms with E-state index in [1.807, 2.05) is 42.5 Å². The number of hydrogen-bond donors (Lipinski definition) is 2. The summed E-state index contributed by atoms with van der Waals surface area (Å²) in [6, 6.07) is 25.0. The zero-order chi connectivity index (χ0) is 21.3. The van der Waals surface area contributed by atoms with Crippen LogP contribution in [0.5, 0.6) is 5.88 Å². The van der Waals surface area contributed by atoms with E-state index in [0.717, 1.165) is 36.6 Å². The van der Waals surface area contributed by atoms with Crippen LogP contribution >= 0.6 is 0 Å². The minimum absolute atomic E-state index is 0.369. The molecule has 0 aliphatic carbocycles. The molecule has 2 heterocycles. The second-order valence-corrected chi connectivity index (χ2v) is 7.61. The summed E-state index contributed by atoms with van der Waals surface area (Å²) in [5, 5.41) is 6.95. The molecule has 0 spiro atoms. The Morgan fingerprint density at radius 3 is 2.61 bits per heavy atom. The molecule has 0 radical (unpaired) electrons. The predicted molar refractivity (Wildman–Crippen MR) is 125 cm³/mol. The average molecular weight is 416 g/mol. The van der Waals surface area contributed by atoms with Crippen LogP contribution in [0.25, 0.3) is 0 Å². The van der Waals surface area contributed by atoms with Crippen molar-refractivity contribution in [2.75, 3.05) is 25.0 Å². The first-order valence-electron chi connectivity index (χ1n) is 10.7. The summed E-state index contributed by atoms with van der Waals surface area (Å²) in [7, 11) is 1.81. The van der Waals surface area contributed by atoms with Gasteiger partial charge >= 0.3 is 0 Å². The van der Waals surface area contributed by atoms with Gasteiger partial charge in [0.2, 0.25) is 5.88 Å². The molecule has 1 fully saturated rings. The molecule has 160 valence electrons. The van der Waals surface area contributed by atoms with E-state index in [2.05, 4.69) is 55.8 Å². The normalized spacial score (nSPS) is 16.2. The second kappa shape index (κ2) is 10.5. The van der Waals surface area contributed by atoms with Crippen LogP contribution in [0.1, 0.15) is 17.5 Å². The first kappa shape index (κ1) is 20.7. The molecule has 6 heteroatoms. The molecule has 1 aromatic heterocycles. The highest BCUT2D eigenvalue weighted by molar-refractivity contribution is 5.80. The molecule has 1 aliphatic heterocycles. The number of nitrogens with one attached hydrogen (secondary N) is 2. The van der Waals surface area contributed by atoms with Crippen LogP contribution in [0.3, 0.4) is 0 Å². The molecule has 2 aromatic carbocycles. The van der Waals surface area contributed by atoms with Gasteiger partial charge in [0, 0.05) is 50.7 Å². The summed E-state index contributed by atoms with van der Waals surface area (Å²) in [5.41, 5.74) is 3.49. The van der Waals surface area contributed by atoms with Crippen molar-refractivity contribution >= 4 is 11.6 Å². The Bertz CT molecular complexity index is 977. The van der Waals surface area contributed by atoms with Crippen molar-refractivity contribution in [1.82, 2.24) is 15.6 Å². The Morgan fingerprint density at radius 2 is 1.84 bits per heavy atom. The first-order chi connectivity index (χ1) is 15.3. The van der Waals surface area contributed by atoms with Crippen LogP contribution in [-0.4, -0.2) is 37.1 Å². The molecule has 1 aliphatic rings. The molecule has 1 atom stereocenters. The predicted octanol–water partition coefficient (Wildman–Crippen LogP) is 3.60. The van der Waals surface area contributed by atoms with Crippen LogP contribution in [0, 0.1) is 0 Å². The van der Waals surface area contributed by atoms with Gasteiger partial charge in [0.05, 0.1) is 0 Å². The number of hydrogen-bond acceptors (Lipinski definition) is 4. The number of rotatable bonds is 7. The van der Waals surface area contributed by atoms with Gasteiger partial charge in [-0.05, 0) is 35.7 Å². The average Bonchev–Trinajstić information content (AvgIpc) is 3.30. The number of pyridine rings is 1. The van der Waals surface area contributed by atoms with Crippen LogP contribution in [-0.2, 0) is 13.2 Å². The smallest absolute Gasteiger partial charge is 0.213 e. The molecule has 0 saturated carbocycles. The summed E-state index contributed by atoms with van der Waals surface area (Å²) < 4.78 is 5.84. The lowest BCUT2D eigenvalue weighted by Gasteiger charge is -2.20. The summed E-state index contributed by atoms with van der Waals surface area (Å²) >= 11 is 0. The molecular weight excluding hydrogens is 386 g/mol. The zero-order valence-corrected chi connectivity index (χ0v) is 17.9. The molecule has 1 saturated heterocycles. The lowest BCUT2D eigenvalue weighted by atomic mass is 10.2. The van der Waals surface area contributed by atoms with Crippen molar-refractivity contribution in [3.63, 3.8) is 0 Å². The third-order valence-corrected chi connectivity index (χ3v) is 5.36. The minimum atomic E-state index is 0.369. The molecule has 4 rings (SSSR count). The van der Waals surface area contributed by atoms with E-state index in [9.17, 15) is 0 Å². The molecule has 31 heavy (non-hydrogen) atoms. The third-order valence-electron chi connectivity index (χ3n) is 5.36. The minimum Gasteiger partial charge on any atom is -0.473 e. The summed E-state index contributed by atoms with van der Waals surface area (Å²) in [6.45, 7) is 3.18. The van der Waals surface area contributed by atoms with Crippen molar-refractivity contribution < 1.29 is 4.74 Å². The fourth-order valence-electron chi connectivity index (χ4n) is 3.70. The van der Waals surface area contributed by atoms with Gasteiger partial charge in [0.1, 0.15) is 6.61 Å². The highest BCUT2D eigenvalue weighted by atomic mass is 16.5. The second-order valence-electron chi connectivity index (χ2n) is 7.61. The van der Waals surface area contributed by atoms with Gasteiger partial charge in [-0.15, -0.1) is 0 Å². The highest BCUT2D eigenvalue weighted by Gasteiger charge is 2.23. The Morgan fingerprint density at radius 1 is 1.06 bits per heavy atom. The molecule has 6 nitrogen and oxygen atoms in total. The van der Waals surface area contributed by atoms with Gasteiger partial charge in [-0.2, -0.15) is 0 Å². The van der Waals surface area contributed by atoms with Gasteiger partial charge in [-0.25, -0.2) is 4.98 Å². The van der Waals surface area contributed by atoms with E-state index in [0.29, 0.717) is 25.1 Å². The van der Waals surface area contributed by atoms with E-state index in [1.54, 1.807) is 13.2 Å². The van der Waals surface area contributed by atoms with Crippen molar-refractivity contribution in [3.8, 4) is 5.88 Å². The largest absolute Gasteiger partial charge is 0.473 e. The maximum atomic E-state index is 5.84. The van der Waals surface area contributed by atoms with Crippen molar-refractivity contribution in [2.24, 2.45) is 4.99 Å². The number of aliphatic imine (C=N–C) groups is 1. The standard InChI is InChI=1S/C25H29N5O/c1-26-25(29-22-13-15-30(18-22)23-10-6-3-7-11-23)28-17-21-12-14-27-24(16-21)31-19-20-8-4-2-5-9-20/h2-12,14,16,22H,13,15,17-19H2,1H3,(H2,26,28,29). The monoisotopic (exact) mass is 415 g/mol. The van der Waals surface area contributed by atoms with Crippen LogP contribution in [0.15, 0.2) is 84.0 Å². The van der Waals surface area contributed by atoms with E-state index < -0.39 is 0 Å². The fraction of sp³-hybridized carbons (Fsp3) is 0.280. The van der Waals surface area contributed by atoms with Gasteiger partial charge in [-0.3, -0.25) is 4.99 Å². The molecule has 0 bridgehead atoms. The van der Waals surface area contributed by atoms with E-state index in [1.165, 1.54) is 5.69 Å². The van der Waals surface area contributed by atoms with Gasteiger partial charge < -0.3 is 20.3 Å². The molecule has 3 aromatic rings. The third kappa shape index (κ3) is 5.98. The molecule has 2 N–H and O–H groups in total. The van der Waals surface area contributed by atoms with Crippen molar-refractivity contribution in [3.05, 3.63) is 90.1 Å². The number of anilines is 1. The topological polar surface area (TPSA) is 61.8 Å². The molecule has 1 unspecified atom stereocenters. The van der Waals surface area contributed by atoms with Gasteiger partial charge in [0.25, 0.3) is 0 Å². The lowest BCUT2D eigenvalue weighted by molar-refractivity contribution is 0.293. The van der Waals surface area contributed by atoms with Gasteiger partial charge in [-0.1, -0.05) is 48.5 Å². The SMILES string of the molecule is CN=C(NCc1ccnc(OCc2ccccc2)c1)NC1CCN(c2ccccc2)C1. The first-order valence-corrected chi connectivity index (χ1v) is 10.7. The number of para-hydroxylation sites is 1. The highest BCUT2D eigenvalue weighted by Crippen LogP contribution is 2.19. The van der Waals surface area contributed by atoms with E-state index >= 15 is 0 Å². The maximum Gasteiger partial charge on any atom is 0.213 e. The Labute approximate surface area is 184 Å². The molecular formula is C25H29N5O. The number of guanidine groups is 1. The lowest BCUT2D eigenvalue weighted by Crippen LogP contribution is -2.44. The quantitative estimate of drug-likeness (QED) is 0.456. The van der Waals surface area contributed by atoms with Crippen LogP contribution in [0.4, 0.5) is 5.69 Å². The molecule has 0 amide bonds. The Kier molecular flexibility index (Phi) is 7.00. The van der Waals surface area contributed by atoms with Gasteiger partial charge in [0.15, 0.2) is 5.96 Å². The van der Waals surface area contributed by atoms with Crippen LogP contribution < -0.4 is 20.3 Å². The van der Waals surface area contributed by atoms with Crippen molar-refractivity contribution in [1.29, 1.82) is 0 Å². The van der Waals surface area contributed by atoms with E-state index in [-0.39, 0.29) is 0 Å². The summed E-state index contributed by atoms with van der Waals surface area (Å²) in [5.74, 6) is 1.43. The zero-order valence-electron chi connectivity index (χ0n) is 17.9. The van der Waals surface area contributed by atoms with E-state index in [4.69, 9.17) is 4.74 Å². The fourth-order valence-corrected chi connectivity index (χ4v) is 3.70. The number of benzene rings is 2. The number of ether oxygens (including phenoxy) is 1. The number of aromatic nitrogens is 1. The Balaban J connectivity index is 1.26. The Hall–Kier alpha value is -3.54. The summed E-state index contributed by atoms with van der Waals surface area (Å²) in [4.78, 5) is 11.1. The maximum absolute atomic E-state index is 5.84.